The van der Waals surface area contributed by atoms with Crippen LogP contribution in [0.25, 0.3) is 0 Å². The summed E-state index contributed by atoms with van der Waals surface area (Å²) in [5.74, 6) is 1.37. The van der Waals surface area contributed by atoms with Crippen molar-refractivity contribution in [2.75, 3.05) is 14.2 Å². The van der Waals surface area contributed by atoms with E-state index in [0.29, 0.717) is 24.4 Å². The van der Waals surface area contributed by atoms with Crippen LogP contribution < -0.4 is 5.32 Å². The van der Waals surface area contributed by atoms with Gasteiger partial charge in [0.25, 0.3) is 0 Å². The molecule has 0 aromatic heterocycles. The second-order valence-corrected chi connectivity index (χ2v) is 4.83. The van der Waals surface area contributed by atoms with Crippen molar-refractivity contribution in [1.29, 1.82) is 0 Å². The van der Waals surface area contributed by atoms with Gasteiger partial charge < -0.3 is 10.1 Å². The first kappa shape index (κ1) is 13.5. The lowest BCUT2D eigenvalue weighted by molar-refractivity contribution is -0.122. The van der Waals surface area contributed by atoms with E-state index < -0.39 is 0 Å². The summed E-state index contributed by atoms with van der Waals surface area (Å²) in [5.41, 5.74) is 0. The van der Waals surface area contributed by atoms with E-state index in [-0.39, 0.29) is 5.91 Å². The second kappa shape index (κ2) is 6.89. The van der Waals surface area contributed by atoms with E-state index >= 15 is 0 Å². The van der Waals surface area contributed by atoms with E-state index in [1.807, 2.05) is 0 Å². The Hall–Kier alpha value is -0.570. The Morgan fingerprint density at radius 3 is 2.81 bits per heavy atom. The van der Waals surface area contributed by atoms with Gasteiger partial charge in [-0.2, -0.15) is 0 Å². The average Bonchev–Trinajstić information content (AvgIpc) is 2.35. The van der Waals surface area contributed by atoms with Gasteiger partial charge in [-0.15, -0.1) is 0 Å². The highest BCUT2D eigenvalue weighted by Crippen LogP contribution is 2.34. The van der Waals surface area contributed by atoms with Crippen LogP contribution in [0.4, 0.5) is 0 Å². The Morgan fingerprint density at radius 1 is 1.50 bits per heavy atom. The fraction of sp³-hybridized carbons (Fsp3) is 0.923. The van der Waals surface area contributed by atoms with Crippen LogP contribution in [0.3, 0.4) is 0 Å². The zero-order chi connectivity index (χ0) is 12.0. The summed E-state index contributed by atoms with van der Waals surface area (Å²) >= 11 is 0. The molecule has 1 rings (SSSR count). The third-order valence-corrected chi connectivity index (χ3v) is 3.92. The van der Waals surface area contributed by atoms with E-state index in [4.69, 9.17) is 4.74 Å². The monoisotopic (exact) mass is 227 g/mol. The third kappa shape index (κ3) is 3.78. The van der Waals surface area contributed by atoms with Gasteiger partial charge in [0.05, 0.1) is 6.10 Å². The molecule has 1 amide bonds. The van der Waals surface area contributed by atoms with Crippen LogP contribution in [0.15, 0.2) is 0 Å². The van der Waals surface area contributed by atoms with Gasteiger partial charge in [0.1, 0.15) is 0 Å². The summed E-state index contributed by atoms with van der Waals surface area (Å²) in [6, 6.07) is 0. The molecular formula is C13H25NO2. The minimum atomic E-state index is 0.173. The number of nitrogens with one attached hydrogen (secondary N) is 1. The SMILES string of the molecule is CC[C@H](CC(=O)NC)C1CCCC(OC)C1. The first-order valence-electron chi connectivity index (χ1n) is 6.44. The van der Waals surface area contributed by atoms with Crippen LogP contribution >= 0.6 is 0 Å². The fourth-order valence-corrected chi connectivity index (χ4v) is 2.81. The van der Waals surface area contributed by atoms with Crippen LogP contribution in [-0.4, -0.2) is 26.2 Å². The van der Waals surface area contributed by atoms with E-state index in [0.717, 1.165) is 12.8 Å². The molecule has 0 bridgehead atoms. The van der Waals surface area contributed by atoms with E-state index in [2.05, 4.69) is 12.2 Å². The molecule has 3 nitrogen and oxygen atoms in total. The zero-order valence-electron chi connectivity index (χ0n) is 10.8. The van der Waals surface area contributed by atoms with Crippen LogP contribution in [0.1, 0.15) is 45.4 Å². The largest absolute Gasteiger partial charge is 0.381 e. The Morgan fingerprint density at radius 2 is 2.25 bits per heavy atom. The predicted octanol–water partition coefficient (Wildman–Crippen LogP) is 2.35. The highest BCUT2D eigenvalue weighted by Gasteiger charge is 2.28. The highest BCUT2D eigenvalue weighted by molar-refractivity contribution is 5.75. The van der Waals surface area contributed by atoms with Crippen molar-refractivity contribution in [3.05, 3.63) is 0 Å². The van der Waals surface area contributed by atoms with Gasteiger partial charge in [0, 0.05) is 20.6 Å². The average molecular weight is 227 g/mol. The standard InChI is InChI=1S/C13H25NO2/c1-4-10(9-13(15)14-2)11-6-5-7-12(8-11)16-3/h10-12H,4-9H2,1-3H3,(H,14,15)/t10-,11?,12?/m1/s1. The maximum atomic E-state index is 11.4. The molecule has 1 saturated carbocycles. The van der Waals surface area contributed by atoms with E-state index in [1.165, 1.54) is 19.3 Å². The lowest BCUT2D eigenvalue weighted by Crippen LogP contribution is -2.30. The summed E-state index contributed by atoms with van der Waals surface area (Å²) in [6.45, 7) is 2.18. The molecule has 2 unspecified atom stereocenters. The molecule has 1 fully saturated rings. The molecular weight excluding hydrogens is 202 g/mol. The highest BCUT2D eigenvalue weighted by atomic mass is 16.5. The molecule has 0 aromatic rings. The Balaban J connectivity index is 2.48. The van der Waals surface area contributed by atoms with Crippen molar-refractivity contribution in [2.24, 2.45) is 11.8 Å². The van der Waals surface area contributed by atoms with E-state index in [1.54, 1.807) is 14.2 Å². The van der Waals surface area contributed by atoms with Crippen molar-refractivity contribution in [3.63, 3.8) is 0 Å². The van der Waals surface area contributed by atoms with Gasteiger partial charge in [-0.05, 0) is 31.1 Å². The normalized spacial score (nSPS) is 27.4. The molecule has 0 aliphatic heterocycles. The summed E-state index contributed by atoms with van der Waals surface area (Å²) in [5, 5.41) is 2.72. The van der Waals surface area contributed by atoms with Crippen LogP contribution in [0, 0.1) is 11.8 Å². The van der Waals surface area contributed by atoms with Gasteiger partial charge in [0.15, 0.2) is 0 Å². The number of amides is 1. The third-order valence-electron chi connectivity index (χ3n) is 3.92. The molecule has 0 aromatic carbocycles. The number of ether oxygens (including phenoxy) is 1. The van der Waals surface area contributed by atoms with Crippen molar-refractivity contribution >= 4 is 5.91 Å². The van der Waals surface area contributed by atoms with Crippen molar-refractivity contribution in [1.82, 2.24) is 5.32 Å². The first-order valence-corrected chi connectivity index (χ1v) is 6.44. The lowest BCUT2D eigenvalue weighted by Gasteiger charge is -2.33. The molecule has 1 aliphatic carbocycles. The number of hydrogen-bond donors (Lipinski definition) is 1. The first-order chi connectivity index (χ1) is 7.71. The van der Waals surface area contributed by atoms with Crippen molar-refractivity contribution < 1.29 is 9.53 Å². The Labute approximate surface area is 98.9 Å². The molecule has 16 heavy (non-hydrogen) atoms. The number of carbonyl (C=O) groups excluding carboxylic acids is 1. The summed E-state index contributed by atoms with van der Waals surface area (Å²) < 4.78 is 5.45. The molecule has 94 valence electrons. The van der Waals surface area contributed by atoms with Crippen LogP contribution in [0.5, 0.6) is 0 Å². The second-order valence-electron chi connectivity index (χ2n) is 4.83. The van der Waals surface area contributed by atoms with Gasteiger partial charge in [-0.1, -0.05) is 19.8 Å². The Kier molecular flexibility index (Phi) is 5.81. The van der Waals surface area contributed by atoms with Crippen molar-refractivity contribution in [2.45, 2.75) is 51.6 Å². The molecule has 1 aliphatic rings. The van der Waals surface area contributed by atoms with Crippen molar-refractivity contribution in [3.8, 4) is 0 Å². The molecule has 1 N–H and O–H groups in total. The van der Waals surface area contributed by atoms with Gasteiger partial charge in [-0.25, -0.2) is 0 Å². The molecule has 3 heteroatoms. The number of hydrogen-bond acceptors (Lipinski definition) is 2. The van der Waals surface area contributed by atoms with Gasteiger partial charge >= 0.3 is 0 Å². The van der Waals surface area contributed by atoms with Gasteiger partial charge in [0.2, 0.25) is 5.91 Å². The minimum absolute atomic E-state index is 0.173. The number of carbonyl (C=O) groups is 1. The fourth-order valence-electron chi connectivity index (χ4n) is 2.81. The smallest absolute Gasteiger partial charge is 0.220 e. The van der Waals surface area contributed by atoms with E-state index in [9.17, 15) is 4.79 Å². The Bertz CT molecular complexity index is 218. The lowest BCUT2D eigenvalue weighted by atomic mass is 9.76. The van der Waals surface area contributed by atoms with Gasteiger partial charge in [-0.3, -0.25) is 4.79 Å². The maximum absolute atomic E-state index is 11.4. The van der Waals surface area contributed by atoms with Crippen LogP contribution in [0.2, 0.25) is 0 Å². The summed E-state index contributed by atoms with van der Waals surface area (Å²) in [4.78, 5) is 11.4. The molecule has 3 atom stereocenters. The zero-order valence-corrected chi connectivity index (χ0v) is 10.8. The molecule has 0 heterocycles. The molecule has 0 radical (unpaired) electrons. The minimum Gasteiger partial charge on any atom is -0.381 e. The summed E-state index contributed by atoms with van der Waals surface area (Å²) in [7, 11) is 3.51. The number of methoxy groups -OCH3 is 1. The quantitative estimate of drug-likeness (QED) is 0.783. The molecule has 0 spiro atoms. The van der Waals surface area contributed by atoms with Crippen LogP contribution in [-0.2, 0) is 9.53 Å². The topological polar surface area (TPSA) is 38.3 Å². The summed E-state index contributed by atoms with van der Waals surface area (Å²) in [6.07, 6.45) is 7.00. The predicted molar refractivity (Wildman–Crippen MR) is 65.2 cm³/mol. The maximum Gasteiger partial charge on any atom is 0.220 e. The molecule has 0 saturated heterocycles. The number of rotatable bonds is 5.